The molecule has 0 bridgehead atoms. The Morgan fingerprint density at radius 2 is 2.21 bits per heavy atom. The van der Waals surface area contributed by atoms with Gasteiger partial charge < -0.3 is 10.2 Å². The number of likely N-dealkylation sites (tertiary alicyclic amines) is 1. The Bertz CT molecular complexity index is 182. The van der Waals surface area contributed by atoms with Crippen molar-refractivity contribution in [2.45, 2.75) is 45.6 Å². The van der Waals surface area contributed by atoms with Gasteiger partial charge in [-0.25, -0.2) is 0 Å². The second-order valence-corrected chi connectivity index (χ2v) is 3.93. The second kappa shape index (κ2) is 6.02. The average Bonchev–Trinajstić information content (AvgIpc) is 2.51. The third-order valence-electron chi connectivity index (χ3n) is 2.78. The van der Waals surface area contributed by atoms with Crippen molar-refractivity contribution >= 4 is 5.91 Å². The molecule has 0 radical (unpaired) electrons. The number of carbonyl (C=O) groups excluding carboxylic acids is 1. The Labute approximate surface area is 86.9 Å². The van der Waals surface area contributed by atoms with Crippen LogP contribution in [0.5, 0.6) is 0 Å². The lowest BCUT2D eigenvalue weighted by Gasteiger charge is -2.16. The van der Waals surface area contributed by atoms with E-state index in [1.165, 1.54) is 12.8 Å². The molecule has 1 heterocycles. The Kier molecular flexibility index (Phi) is 4.94. The number of carbonyl (C=O) groups is 1. The minimum absolute atomic E-state index is 0.0987. The highest BCUT2D eigenvalue weighted by Gasteiger charge is 2.29. The SMILES string of the molecule is CCCCCN1CCC(NCC)C1=O. The van der Waals surface area contributed by atoms with Crippen LogP contribution in [0.15, 0.2) is 0 Å². The molecule has 0 aromatic rings. The number of hydrogen-bond acceptors (Lipinski definition) is 2. The highest BCUT2D eigenvalue weighted by Crippen LogP contribution is 2.12. The van der Waals surface area contributed by atoms with Crippen molar-refractivity contribution in [2.75, 3.05) is 19.6 Å². The van der Waals surface area contributed by atoms with E-state index >= 15 is 0 Å². The molecule has 0 aliphatic carbocycles. The Balaban J connectivity index is 2.25. The van der Waals surface area contributed by atoms with Crippen LogP contribution in [0.25, 0.3) is 0 Å². The first-order chi connectivity index (χ1) is 6.79. The van der Waals surface area contributed by atoms with Crippen molar-refractivity contribution in [3.63, 3.8) is 0 Å². The maximum Gasteiger partial charge on any atom is 0.239 e. The smallest absolute Gasteiger partial charge is 0.239 e. The number of nitrogens with one attached hydrogen (secondary N) is 1. The zero-order chi connectivity index (χ0) is 10.4. The number of amides is 1. The van der Waals surface area contributed by atoms with Crippen LogP contribution in [0.1, 0.15) is 39.5 Å². The molecule has 3 heteroatoms. The highest BCUT2D eigenvalue weighted by molar-refractivity contribution is 5.83. The molecule has 1 rings (SSSR count). The van der Waals surface area contributed by atoms with Gasteiger partial charge in [0.15, 0.2) is 0 Å². The van der Waals surface area contributed by atoms with Gasteiger partial charge in [0.25, 0.3) is 0 Å². The molecular weight excluding hydrogens is 176 g/mol. The minimum atomic E-state index is 0.0987. The van der Waals surface area contributed by atoms with Gasteiger partial charge in [-0.05, 0) is 19.4 Å². The molecule has 0 spiro atoms. The first-order valence-corrected chi connectivity index (χ1v) is 5.81. The van der Waals surface area contributed by atoms with Gasteiger partial charge in [-0.3, -0.25) is 4.79 Å². The summed E-state index contributed by atoms with van der Waals surface area (Å²) in [6.07, 6.45) is 4.59. The van der Waals surface area contributed by atoms with Crippen LogP contribution in [0.3, 0.4) is 0 Å². The van der Waals surface area contributed by atoms with E-state index in [-0.39, 0.29) is 6.04 Å². The lowest BCUT2D eigenvalue weighted by Crippen LogP contribution is -2.38. The van der Waals surface area contributed by atoms with Crippen LogP contribution in [0.4, 0.5) is 0 Å². The Hall–Kier alpha value is -0.570. The van der Waals surface area contributed by atoms with Crippen molar-refractivity contribution in [3.8, 4) is 0 Å². The maximum atomic E-state index is 11.8. The molecule has 82 valence electrons. The summed E-state index contributed by atoms with van der Waals surface area (Å²) < 4.78 is 0. The molecule has 1 amide bonds. The number of hydrogen-bond donors (Lipinski definition) is 1. The fraction of sp³-hybridized carbons (Fsp3) is 0.909. The largest absolute Gasteiger partial charge is 0.341 e. The number of nitrogens with zero attached hydrogens (tertiary/aromatic N) is 1. The molecule has 0 aromatic heterocycles. The first-order valence-electron chi connectivity index (χ1n) is 5.81. The van der Waals surface area contributed by atoms with E-state index in [1.54, 1.807) is 0 Å². The summed E-state index contributed by atoms with van der Waals surface area (Å²) in [4.78, 5) is 13.8. The van der Waals surface area contributed by atoms with E-state index < -0.39 is 0 Å². The van der Waals surface area contributed by atoms with Crippen molar-refractivity contribution in [1.82, 2.24) is 10.2 Å². The molecule has 1 fully saturated rings. The van der Waals surface area contributed by atoms with Crippen LogP contribution in [-0.4, -0.2) is 36.5 Å². The minimum Gasteiger partial charge on any atom is -0.341 e. The predicted molar refractivity (Wildman–Crippen MR) is 58.2 cm³/mol. The van der Waals surface area contributed by atoms with E-state index in [1.807, 2.05) is 11.8 Å². The quantitative estimate of drug-likeness (QED) is 0.654. The molecule has 1 N–H and O–H groups in total. The van der Waals surface area contributed by atoms with Crippen LogP contribution in [0.2, 0.25) is 0 Å². The molecule has 1 unspecified atom stereocenters. The Morgan fingerprint density at radius 1 is 1.43 bits per heavy atom. The molecule has 1 saturated heterocycles. The standard InChI is InChI=1S/C11H22N2O/c1-3-5-6-8-13-9-7-10(11(13)14)12-4-2/h10,12H,3-9H2,1-2H3. The van der Waals surface area contributed by atoms with Crippen molar-refractivity contribution in [3.05, 3.63) is 0 Å². The molecule has 1 aliphatic rings. The summed E-state index contributed by atoms with van der Waals surface area (Å²) in [5, 5.41) is 3.22. The number of unbranched alkanes of at least 4 members (excludes halogenated alkanes) is 2. The normalized spacial score (nSPS) is 22.0. The lowest BCUT2D eigenvalue weighted by atomic mass is 10.2. The molecule has 3 nitrogen and oxygen atoms in total. The van der Waals surface area contributed by atoms with E-state index in [2.05, 4.69) is 12.2 Å². The fourth-order valence-electron chi connectivity index (χ4n) is 1.95. The molecule has 0 aromatic carbocycles. The summed E-state index contributed by atoms with van der Waals surface area (Å²) in [5.41, 5.74) is 0. The summed E-state index contributed by atoms with van der Waals surface area (Å²) in [7, 11) is 0. The van der Waals surface area contributed by atoms with Crippen LogP contribution in [0, 0.1) is 0 Å². The monoisotopic (exact) mass is 198 g/mol. The maximum absolute atomic E-state index is 11.8. The molecule has 1 aliphatic heterocycles. The summed E-state index contributed by atoms with van der Waals surface area (Å²) in [6, 6.07) is 0.0987. The lowest BCUT2D eigenvalue weighted by molar-refractivity contribution is -0.129. The van der Waals surface area contributed by atoms with E-state index in [0.29, 0.717) is 5.91 Å². The van der Waals surface area contributed by atoms with Crippen LogP contribution < -0.4 is 5.32 Å². The average molecular weight is 198 g/mol. The van der Waals surface area contributed by atoms with Crippen molar-refractivity contribution < 1.29 is 4.79 Å². The third-order valence-corrected chi connectivity index (χ3v) is 2.78. The van der Waals surface area contributed by atoms with E-state index in [0.717, 1.165) is 32.5 Å². The van der Waals surface area contributed by atoms with Gasteiger partial charge in [0.05, 0.1) is 6.04 Å². The van der Waals surface area contributed by atoms with Crippen LogP contribution >= 0.6 is 0 Å². The van der Waals surface area contributed by atoms with Gasteiger partial charge in [-0.1, -0.05) is 26.7 Å². The molecule has 1 atom stereocenters. The van der Waals surface area contributed by atoms with Gasteiger partial charge in [0.2, 0.25) is 5.91 Å². The fourth-order valence-corrected chi connectivity index (χ4v) is 1.95. The summed E-state index contributed by atoms with van der Waals surface area (Å²) >= 11 is 0. The topological polar surface area (TPSA) is 32.3 Å². The van der Waals surface area contributed by atoms with E-state index in [9.17, 15) is 4.79 Å². The zero-order valence-electron chi connectivity index (χ0n) is 9.38. The van der Waals surface area contributed by atoms with Gasteiger partial charge in [-0.15, -0.1) is 0 Å². The van der Waals surface area contributed by atoms with Gasteiger partial charge in [0, 0.05) is 13.1 Å². The number of likely N-dealkylation sites (N-methyl/N-ethyl adjacent to an activating group) is 1. The highest BCUT2D eigenvalue weighted by atomic mass is 16.2. The van der Waals surface area contributed by atoms with Gasteiger partial charge >= 0.3 is 0 Å². The molecular formula is C11H22N2O. The summed E-state index contributed by atoms with van der Waals surface area (Å²) in [6.45, 7) is 7.02. The molecule has 14 heavy (non-hydrogen) atoms. The van der Waals surface area contributed by atoms with Crippen LogP contribution in [-0.2, 0) is 4.79 Å². The first kappa shape index (κ1) is 11.5. The summed E-state index contributed by atoms with van der Waals surface area (Å²) in [5.74, 6) is 0.308. The predicted octanol–water partition coefficient (Wildman–Crippen LogP) is 1.39. The zero-order valence-corrected chi connectivity index (χ0v) is 9.38. The molecule has 0 saturated carbocycles. The third kappa shape index (κ3) is 2.98. The van der Waals surface area contributed by atoms with Crippen molar-refractivity contribution in [1.29, 1.82) is 0 Å². The van der Waals surface area contributed by atoms with Gasteiger partial charge in [0.1, 0.15) is 0 Å². The van der Waals surface area contributed by atoms with E-state index in [4.69, 9.17) is 0 Å². The number of rotatable bonds is 6. The second-order valence-electron chi connectivity index (χ2n) is 3.93. The van der Waals surface area contributed by atoms with Crippen molar-refractivity contribution in [2.24, 2.45) is 0 Å². The van der Waals surface area contributed by atoms with Gasteiger partial charge in [-0.2, -0.15) is 0 Å². The Morgan fingerprint density at radius 3 is 2.86 bits per heavy atom.